The number of para-hydroxylation sites is 1. The molecular formula is C20H34O10Si2. The van der Waals surface area contributed by atoms with Crippen molar-refractivity contribution in [2.24, 2.45) is 5.92 Å². The first-order valence-electron chi connectivity index (χ1n) is 10.1. The van der Waals surface area contributed by atoms with E-state index in [9.17, 15) is 9.59 Å². The van der Waals surface area contributed by atoms with E-state index in [4.69, 9.17) is 31.3 Å². The van der Waals surface area contributed by atoms with Gasteiger partial charge in [0.15, 0.2) is 6.23 Å². The van der Waals surface area contributed by atoms with Crippen LogP contribution in [0.2, 0.25) is 5.54 Å². The molecule has 1 aromatic carbocycles. The minimum atomic E-state index is -3.18. The molecule has 32 heavy (non-hydrogen) atoms. The topological polar surface area (TPSA) is 108 Å². The number of hydrogen-bond acceptors (Lipinski definition) is 10. The molecule has 12 heteroatoms. The lowest BCUT2D eigenvalue weighted by Gasteiger charge is -2.29. The second-order valence-corrected chi connectivity index (χ2v) is 12.7. The lowest BCUT2D eigenvalue weighted by atomic mass is 10.0. The maximum atomic E-state index is 11.7. The predicted octanol–water partition coefficient (Wildman–Crippen LogP) is 2.22. The van der Waals surface area contributed by atoms with E-state index in [-0.39, 0.29) is 0 Å². The number of ether oxygens (including phenoxy) is 2. The number of rotatable bonds is 12. The van der Waals surface area contributed by atoms with Crippen LogP contribution < -0.4 is 4.74 Å². The lowest BCUT2D eigenvalue weighted by molar-refractivity contribution is -0.153. The maximum absolute atomic E-state index is 11.7. The van der Waals surface area contributed by atoms with E-state index in [1.165, 1.54) is 21.3 Å². The summed E-state index contributed by atoms with van der Waals surface area (Å²) in [6, 6.07) is 9.50. The molecule has 2 unspecified atom stereocenters. The van der Waals surface area contributed by atoms with E-state index in [1.807, 2.05) is 37.3 Å². The molecule has 0 N–H and O–H groups in total. The quantitative estimate of drug-likeness (QED) is 0.246. The molecule has 0 saturated carbocycles. The summed E-state index contributed by atoms with van der Waals surface area (Å²) in [4.78, 5) is 23.3. The zero-order valence-corrected chi connectivity index (χ0v) is 21.7. The van der Waals surface area contributed by atoms with Crippen molar-refractivity contribution in [3.63, 3.8) is 0 Å². The Morgan fingerprint density at radius 2 is 1.34 bits per heavy atom. The Balaban J connectivity index is 0.000000323. The van der Waals surface area contributed by atoms with Gasteiger partial charge in [0.25, 0.3) is 0 Å². The summed E-state index contributed by atoms with van der Waals surface area (Å²) in [6.45, 7) is 1.93. The number of cyclic esters (lactones) is 2. The van der Waals surface area contributed by atoms with Gasteiger partial charge in [0, 0.05) is 42.7 Å². The third kappa shape index (κ3) is 6.92. The van der Waals surface area contributed by atoms with Gasteiger partial charge in [0.05, 0.1) is 5.92 Å². The molecule has 0 aromatic heterocycles. The normalized spacial score (nSPS) is 18.7. The van der Waals surface area contributed by atoms with Crippen LogP contribution in [0, 0.1) is 5.92 Å². The summed E-state index contributed by atoms with van der Waals surface area (Å²) in [5.74, 6) is -0.866. The van der Waals surface area contributed by atoms with Crippen molar-refractivity contribution >= 4 is 29.5 Å². The van der Waals surface area contributed by atoms with Gasteiger partial charge in [-0.2, -0.15) is 0 Å². The zero-order valence-electron chi connectivity index (χ0n) is 19.7. The summed E-state index contributed by atoms with van der Waals surface area (Å²) < 4.78 is 41.7. The van der Waals surface area contributed by atoms with Gasteiger partial charge in [-0.25, -0.2) is 0 Å². The first kappa shape index (κ1) is 28.4. The minimum Gasteiger partial charge on any atom is -0.489 e. The van der Waals surface area contributed by atoms with Crippen molar-refractivity contribution in [2.45, 2.75) is 25.3 Å². The van der Waals surface area contributed by atoms with Crippen LogP contribution in [0.5, 0.6) is 5.75 Å². The Hall–Kier alpha value is -1.65. The second kappa shape index (κ2) is 13.8. The summed E-state index contributed by atoms with van der Waals surface area (Å²) >= 11 is 0. The van der Waals surface area contributed by atoms with E-state index in [0.717, 1.165) is 12.2 Å². The Bertz CT molecular complexity index is 678. The second-order valence-electron chi connectivity index (χ2n) is 6.73. The van der Waals surface area contributed by atoms with Crippen LogP contribution in [0.4, 0.5) is 0 Å². The lowest BCUT2D eigenvalue weighted by Crippen LogP contribution is -2.51. The van der Waals surface area contributed by atoms with Crippen LogP contribution in [0.25, 0.3) is 0 Å². The van der Waals surface area contributed by atoms with Crippen molar-refractivity contribution in [1.82, 2.24) is 0 Å². The van der Waals surface area contributed by atoms with Crippen molar-refractivity contribution in [3.05, 3.63) is 30.3 Å². The van der Waals surface area contributed by atoms with Crippen molar-refractivity contribution in [3.8, 4) is 5.75 Å². The van der Waals surface area contributed by atoms with Gasteiger partial charge < -0.3 is 36.0 Å². The molecule has 0 aliphatic carbocycles. The van der Waals surface area contributed by atoms with Gasteiger partial charge in [0.2, 0.25) is 0 Å². The molecule has 10 nitrogen and oxygen atoms in total. The Morgan fingerprint density at radius 1 is 0.812 bits per heavy atom. The van der Waals surface area contributed by atoms with Gasteiger partial charge in [-0.3, -0.25) is 9.59 Å². The maximum Gasteiger partial charge on any atom is 0.539 e. The zero-order chi connectivity index (χ0) is 24.2. The highest BCUT2D eigenvalue weighted by molar-refractivity contribution is 6.67. The van der Waals surface area contributed by atoms with E-state index in [0.29, 0.717) is 12.7 Å². The average Bonchev–Trinajstić information content (AvgIpc) is 3.12. The Morgan fingerprint density at radius 3 is 1.78 bits per heavy atom. The molecule has 0 bridgehead atoms. The minimum absolute atomic E-state index is 0.306. The van der Waals surface area contributed by atoms with Crippen molar-refractivity contribution in [2.75, 3.05) is 48.9 Å². The van der Waals surface area contributed by atoms with Gasteiger partial charge in [-0.15, -0.1) is 0 Å². The fourth-order valence-electron chi connectivity index (χ4n) is 3.27. The number of carbonyl (C=O) groups excluding carboxylic acids is 2. The Kier molecular flexibility index (Phi) is 12.2. The summed E-state index contributed by atoms with van der Waals surface area (Å²) in [5, 5.41) is 0. The fraction of sp³-hybridized carbons (Fsp3) is 0.600. The van der Waals surface area contributed by atoms with Crippen LogP contribution in [0.15, 0.2) is 30.3 Å². The van der Waals surface area contributed by atoms with Crippen molar-refractivity contribution < 1.29 is 45.6 Å². The van der Waals surface area contributed by atoms with Gasteiger partial charge in [0.1, 0.15) is 11.3 Å². The highest BCUT2D eigenvalue weighted by atomic mass is 28.4. The van der Waals surface area contributed by atoms with Crippen LogP contribution in [-0.2, 0) is 40.9 Å². The van der Waals surface area contributed by atoms with Crippen LogP contribution in [0.1, 0.15) is 19.8 Å². The van der Waals surface area contributed by atoms with E-state index >= 15 is 0 Å². The van der Waals surface area contributed by atoms with Crippen LogP contribution >= 0.6 is 0 Å². The highest BCUT2D eigenvalue weighted by Crippen LogP contribution is 2.40. The third-order valence-corrected chi connectivity index (χ3v) is 10.6. The molecule has 1 aliphatic rings. The first-order chi connectivity index (χ1) is 15.3. The fourth-order valence-corrected chi connectivity index (χ4v) is 6.87. The van der Waals surface area contributed by atoms with Gasteiger partial charge in [-0.05, 0) is 18.6 Å². The monoisotopic (exact) mass is 490 g/mol. The van der Waals surface area contributed by atoms with Crippen LogP contribution in [0.3, 0.4) is 0 Å². The molecule has 0 amide bonds. The number of carbonyl (C=O) groups is 2. The largest absolute Gasteiger partial charge is 0.539 e. The first-order valence-corrected chi connectivity index (χ1v) is 13.8. The van der Waals surface area contributed by atoms with Crippen molar-refractivity contribution in [1.29, 1.82) is 0 Å². The SMILES string of the molecule is CCCC1C(=O)OC(=O)C1[Si](OC)(OC)OC.CO[Si](COc1ccccc1)(OC)OC. The summed E-state index contributed by atoms with van der Waals surface area (Å²) in [6.07, 6.45) is 1.63. The standard InChI is InChI=1S/C10H18O6Si.C10H16O4Si/c1-5-6-7-8(10(12)16-9(7)11)17(13-2,14-3)15-4;1-11-15(12-2,13-3)9-14-10-7-5-4-6-8-10/h7-8H,5-6H2,1-4H3;4-8H,9H2,1-3H3. The summed E-state index contributed by atoms with van der Waals surface area (Å²) in [5.41, 5.74) is -0.755. The molecule has 1 heterocycles. The molecule has 0 radical (unpaired) electrons. The molecule has 2 rings (SSSR count). The van der Waals surface area contributed by atoms with Gasteiger partial charge in [-0.1, -0.05) is 31.5 Å². The molecular weight excluding hydrogens is 456 g/mol. The highest BCUT2D eigenvalue weighted by Gasteiger charge is 2.62. The predicted molar refractivity (Wildman–Crippen MR) is 119 cm³/mol. The number of benzene rings is 1. The Labute approximate surface area is 191 Å². The molecule has 1 aliphatic heterocycles. The van der Waals surface area contributed by atoms with E-state index < -0.39 is 41.0 Å². The number of hydrogen-bond donors (Lipinski definition) is 0. The third-order valence-electron chi connectivity index (χ3n) is 5.09. The molecule has 0 spiro atoms. The number of esters is 2. The molecule has 1 fully saturated rings. The molecule has 1 aromatic rings. The van der Waals surface area contributed by atoms with Gasteiger partial charge >= 0.3 is 29.5 Å². The summed E-state index contributed by atoms with van der Waals surface area (Å²) in [7, 11) is 3.13. The molecule has 182 valence electrons. The van der Waals surface area contributed by atoms with E-state index in [1.54, 1.807) is 21.3 Å². The smallest absolute Gasteiger partial charge is 0.489 e. The van der Waals surface area contributed by atoms with E-state index in [2.05, 4.69) is 4.74 Å². The molecule has 1 saturated heterocycles. The molecule has 2 atom stereocenters. The van der Waals surface area contributed by atoms with Crippen LogP contribution in [-0.4, -0.2) is 78.4 Å². The average molecular weight is 491 g/mol.